The molecule has 19 heavy (non-hydrogen) atoms. The van der Waals surface area contributed by atoms with Crippen molar-refractivity contribution in [1.82, 2.24) is 4.90 Å². The Morgan fingerprint density at radius 1 is 1.42 bits per heavy atom. The highest BCUT2D eigenvalue weighted by Gasteiger charge is 2.12. The largest absolute Gasteiger partial charge is 0.324 e. The number of hydrogen-bond acceptors (Lipinski definition) is 5. The van der Waals surface area contributed by atoms with Gasteiger partial charge in [-0.25, -0.2) is 0 Å². The van der Waals surface area contributed by atoms with Gasteiger partial charge in [-0.05, 0) is 31.1 Å². The second kappa shape index (κ2) is 7.70. The van der Waals surface area contributed by atoms with Gasteiger partial charge in [0.25, 0.3) is 5.69 Å². The molecule has 0 heterocycles. The van der Waals surface area contributed by atoms with E-state index in [-0.39, 0.29) is 10.6 Å². The number of nitrogens with zero attached hydrogens (tertiary/aromatic N) is 2. The van der Waals surface area contributed by atoms with E-state index in [1.807, 2.05) is 0 Å². The molecule has 6 heteroatoms. The van der Waals surface area contributed by atoms with Crippen molar-refractivity contribution in [1.29, 1.82) is 0 Å². The Kier molecular flexibility index (Phi) is 6.24. The Bertz CT molecular complexity index is 423. The third kappa shape index (κ3) is 4.50. The van der Waals surface area contributed by atoms with Gasteiger partial charge in [0.2, 0.25) is 0 Å². The van der Waals surface area contributed by atoms with Gasteiger partial charge < -0.3 is 5.43 Å². The second-order valence-electron chi connectivity index (χ2n) is 4.47. The Labute approximate surface area is 113 Å². The average Bonchev–Trinajstić information content (AvgIpc) is 2.43. The quantitative estimate of drug-likeness (QED) is 0.429. The minimum atomic E-state index is -0.383. The van der Waals surface area contributed by atoms with Crippen LogP contribution in [0.1, 0.15) is 32.3 Å². The summed E-state index contributed by atoms with van der Waals surface area (Å²) in [5.74, 6) is 5.46. The van der Waals surface area contributed by atoms with Crippen molar-refractivity contribution in [2.75, 3.05) is 18.5 Å². The lowest BCUT2D eigenvalue weighted by molar-refractivity contribution is -0.384. The molecule has 0 bridgehead atoms. The number of unbranched alkanes of at least 4 members (excludes halogenated alkanes) is 1. The fourth-order valence-electron chi connectivity index (χ4n) is 1.94. The van der Waals surface area contributed by atoms with Gasteiger partial charge in [0.1, 0.15) is 0 Å². The summed E-state index contributed by atoms with van der Waals surface area (Å²) in [6.07, 6.45) is 2.25. The first-order valence-electron chi connectivity index (χ1n) is 6.58. The summed E-state index contributed by atoms with van der Waals surface area (Å²) in [6, 6.07) is 4.70. The molecule has 0 aliphatic carbocycles. The molecule has 0 aliphatic heterocycles. The van der Waals surface area contributed by atoms with E-state index in [1.165, 1.54) is 6.07 Å². The summed E-state index contributed by atoms with van der Waals surface area (Å²) >= 11 is 0. The highest BCUT2D eigenvalue weighted by molar-refractivity contribution is 5.55. The Morgan fingerprint density at radius 3 is 2.68 bits per heavy atom. The summed E-state index contributed by atoms with van der Waals surface area (Å²) < 4.78 is 0. The number of nitrogen functional groups attached to an aromatic ring is 1. The number of benzene rings is 1. The first-order chi connectivity index (χ1) is 9.12. The molecular weight excluding hydrogens is 244 g/mol. The van der Waals surface area contributed by atoms with Crippen LogP contribution in [0.5, 0.6) is 0 Å². The van der Waals surface area contributed by atoms with Crippen molar-refractivity contribution in [2.24, 2.45) is 5.84 Å². The van der Waals surface area contributed by atoms with Crippen molar-refractivity contribution < 1.29 is 4.92 Å². The predicted octanol–water partition coefficient (Wildman–Crippen LogP) is 2.50. The van der Waals surface area contributed by atoms with E-state index >= 15 is 0 Å². The van der Waals surface area contributed by atoms with Crippen LogP contribution in [-0.2, 0) is 6.54 Å². The van der Waals surface area contributed by atoms with Crippen LogP contribution >= 0.6 is 0 Å². The van der Waals surface area contributed by atoms with E-state index in [2.05, 4.69) is 24.2 Å². The van der Waals surface area contributed by atoms with E-state index in [0.29, 0.717) is 6.54 Å². The summed E-state index contributed by atoms with van der Waals surface area (Å²) in [4.78, 5) is 12.7. The number of rotatable bonds is 8. The molecule has 0 atom stereocenters. The van der Waals surface area contributed by atoms with Gasteiger partial charge in [-0.3, -0.25) is 20.9 Å². The smallest absolute Gasteiger partial charge is 0.269 e. The van der Waals surface area contributed by atoms with Gasteiger partial charge in [-0.2, -0.15) is 0 Å². The molecule has 0 spiro atoms. The van der Waals surface area contributed by atoms with Crippen molar-refractivity contribution in [3.05, 3.63) is 33.9 Å². The van der Waals surface area contributed by atoms with Crippen LogP contribution in [0.4, 0.5) is 11.4 Å². The van der Waals surface area contributed by atoms with Gasteiger partial charge >= 0.3 is 0 Å². The number of nitro benzene ring substituents is 1. The lowest BCUT2D eigenvalue weighted by Gasteiger charge is -2.21. The van der Waals surface area contributed by atoms with E-state index in [9.17, 15) is 10.1 Å². The summed E-state index contributed by atoms with van der Waals surface area (Å²) in [7, 11) is 0. The van der Waals surface area contributed by atoms with E-state index in [4.69, 9.17) is 5.84 Å². The average molecular weight is 266 g/mol. The molecule has 0 fully saturated rings. The highest BCUT2D eigenvalue weighted by Crippen LogP contribution is 2.23. The number of nitrogens with one attached hydrogen (secondary N) is 1. The van der Waals surface area contributed by atoms with Crippen LogP contribution in [0.15, 0.2) is 18.2 Å². The topological polar surface area (TPSA) is 84.4 Å². The zero-order valence-corrected chi connectivity index (χ0v) is 11.6. The minimum Gasteiger partial charge on any atom is -0.324 e. The van der Waals surface area contributed by atoms with Gasteiger partial charge in [-0.1, -0.05) is 20.3 Å². The maximum atomic E-state index is 10.8. The third-order valence-electron chi connectivity index (χ3n) is 3.12. The molecule has 1 rings (SSSR count). The molecule has 0 aromatic heterocycles. The number of non-ortho nitro benzene ring substituents is 1. The number of anilines is 1. The SMILES string of the molecule is CCCCN(CC)Cc1cc([N+](=O)[O-])ccc1NN. The highest BCUT2D eigenvalue weighted by atomic mass is 16.6. The third-order valence-corrected chi connectivity index (χ3v) is 3.12. The number of hydrazine groups is 1. The molecule has 1 aromatic carbocycles. The molecule has 3 N–H and O–H groups in total. The molecule has 6 nitrogen and oxygen atoms in total. The first kappa shape index (κ1) is 15.4. The zero-order chi connectivity index (χ0) is 14.3. The number of nitrogens with two attached hydrogens (primary N) is 1. The van der Waals surface area contributed by atoms with Crippen molar-refractivity contribution in [3.63, 3.8) is 0 Å². The van der Waals surface area contributed by atoms with Crippen LogP contribution in [0.2, 0.25) is 0 Å². The van der Waals surface area contributed by atoms with Crippen molar-refractivity contribution in [3.8, 4) is 0 Å². The van der Waals surface area contributed by atoms with Crippen LogP contribution < -0.4 is 11.3 Å². The van der Waals surface area contributed by atoms with Crippen LogP contribution in [-0.4, -0.2) is 22.9 Å². The Morgan fingerprint density at radius 2 is 2.16 bits per heavy atom. The zero-order valence-electron chi connectivity index (χ0n) is 11.6. The fourth-order valence-corrected chi connectivity index (χ4v) is 1.94. The molecular formula is C13H22N4O2. The molecule has 0 unspecified atom stereocenters. The monoisotopic (exact) mass is 266 g/mol. The Balaban J connectivity index is 2.89. The summed E-state index contributed by atoms with van der Waals surface area (Å²) in [5.41, 5.74) is 4.29. The summed E-state index contributed by atoms with van der Waals surface area (Å²) in [5, 5.41) is 10.8. The molecule has 0 radical (unpaired) electrons. The molecule has 0 amide bonds. The van der Waals surface area contributed by atoms with E-state index in [1.54, 1.807) is 12.1 Å². The standard InChI is InChI=1S/C13H22N4O2/c1-3-5-8-16(4-2)10-11-9-12(17(18)19)6-7-13(11)15-14/h6-7,9,15H,3-5,8,10,14H2,1-2H3. The van der Waals surface area contributed by atoms with Gasteiger partial charge in [0.05, 0.1) is 10.6 Å². The first-order valence-corrected chi connectivity index (χ1v) is 6.58. The number of hydrogen-bond donors (Lipinski definition) is 2. The van der Waals surface area contributed by atoms with Gasteiger partial charge in [0.15, 0.2) is 0 Å². The van der Waals surface area contributed by atoms with E-state index in [0.717, 1.165) is 37.2 Å². The second-order valence-corrected chi connectivity index (χ2v) is 4.47. The lowest BCUT2D eigenvalue weighted by Crippen LogP contribution is -2.25. The fraction of sp³-hybridized carbons (Fsp3) is 0.538. The van der Waals surface area contributed by atoms with Crippen LogP contribution in [0.25, 0.3) is 0 Å². The number of nitro groups is 1. The maximum Gasteiger partial charge on any atom is 0.269 e. The molecule has 0 saturated heterocycles. The Hall–Kier alpha value is -1.66. The maximum absolute atomic E-state index is 10.8. The molecule has 0 saturated carbocycles. The summed E-state index contributed by atoms with van der Waals surface area (Å²) in [6.45, 7) is 6.79. The van der Waals surface area contributed by atoms with E-state index < -0.39 is 0 Å². The lowest BCUT2D eigenvalue weighted by atomic mass is 10.1. The molecule has 106 valence electrons. The predicted molar refractivity (Wildman–Crippen MR) is 76.8 cm³/mol. The van der Waals surface area contributed by atoms with Crippen molar-refractivity contribution in [2.45, 2.75) is 33.2 Å². The minimum absolute atomic E-state index is 0.0977. The molecule has 1 aromatic rings. The van der Waals surface area contributed by atoms with Crippen LogP contribution in [0.3, 0.4) is 0 Å². The van der Waals surface area contributed by atoms with Gasteiger partial charge in [0, 0.05) is 18.7 Å². The van der Waals surface area contributed by atoms with Crippen LogP contribution in [0, 0.1) is 10.1 Å². The van der Waals surface area contributed by atoms with Crippen molar-refractivity contribution >= 4 is 11.4 Å². The normalized spacial score (nSPS) is 10.7. The van der Waals surface area contributed by atoms with Gasteiger partial charge in [-0.15, -0.1) is 0 Å². The molecule has 0 aliphatic rings.